The lowest BCUT2D eigenvalue weighted by Gasteiger charge is -2.32. The summed E-state index contributed by atoms with van der Waals surface area (Å²) in [6, 6.07) is 19.8. The van der Waals surface area contributed by atoms with Crippen LogP contribution in [0.1, 0.15) is 58.2 Å². The molecule has 6 aromatic rings. The first-order valence-electron chi connectivity index (χ1n) is 16.9. The third kappa shape index (κ3) is 6.78. The predicted molar refractivity (Wildman–Crippen MR) is 188 cm³/mol. The van der Waals surface area contributed by atoms with E-state index in [0.717, 1.165) is 79.1 Å². The number of halogens is 2. The van der Waals surface area contributed by atoms with Crippen molar-refractivity contribution >= 4 is 45.3 Å². The monoisotopic (exact) mass is 694 g/mol. The molecule has 50 heavy (non-hydrogen) atoms. The van der Waals surface area contributed by atoms with Crippen LogP contribution in [0.2, 0.25) is 5.02 Å². The van der Waals surface area contributed by atoms with Crippen molar-refractivity contribution in [2.24, 2.45) is 0 Å². The molecule has 0 saturated carbocycles. The molecule has 0 unspecified atom stereocenters. The number of ether oxygens (including phenoxy) is 2. The van der Waals surface area contributed by atoms with Crippen LogP contribution in [0.4, 0.5) is 10.1 Å². The number of pyridine rings is 1. The van der Waals surface area contributed by atoms with Gasteiger partial charge in [-0.2, -0.15) is 0 Å². The normalized spacial score (nSPS) is 16.9. The van der Waals surface area contributed by atoms with E-state index in [1.165, 1.54) is 6.07 Å². The van der Waals surface area contributed by atoms with Crippen molar-refractivity contribution < 1.29 is 18.7 Å². The zero-order valence-electron chi connectivity index (χ0n) is 27.5. The molecule has 2 aliphatic heterocycles. The Morgan fingerprint density at radius 1 is 1.06 bits per heavy atom. The van der Waals surface area contributed by atoms with Crippen molar-refractivity contribution in [1.29, 1.82) is 0 Å². The van der Waals surface area contributed by atoms with E-state index in [0.29, 0.717) is 45.7 Å². The summed E-state index contributed by atoms with van der Waals surface area (Å²) < 4.78 is 28.1. The van der Waals surface area contributed by atoms with Crippen LogP contribution in [-0.4, -0.2) is 66.6 Å². The number of nitrogens with zero attached hydrogens (tertiary/aromatic N) is 6. The van der Waals surface area contributed by atoms with Crippen molar-refractivity contribution in [3.8, 4) is 5.88 Å². The van der Waals surface area contributed by atoms with Gasteiger partial charge in [0.05, 0.1) is 35.7 Å². The second-order valence-corrected chi connectivity index (χ2v) is 13.5. The minimum Gasteiger partial charge on any atom is -0.473 e. The molecule has 3 aromatic heterocycles. The Morgan fingerprint density at radius 2 is 1.92 bits per heavy atom. The van der Waals surface area contributed by atoms with Gasteiger partial charge in [0.2, 0.25) is 5.88 Å². The van der Waals surface area contributed by atoms with Crippen LogP contribution in [0.5, 0.6) is 5.88 Å². The van der Waals surface area contributed by atoms with E-state index in [9.17, 15) is 9.18 Å². The number of aromatic amines is 1. The number of likely N-dealkylation sites (tertiary alicyclic amines) is 1. The van der Waals surface area contributed by atoms with Gasteiger partial charge in [0, 0.05) is 46.1 Å². The van der Waals surface area contributed by atoms with Crippen molar-refractivity contribution in [2.45, 2.75) is 57.9 Å². The van der Waals surface area contributed by atoms with E-state index in [-0.39, 0.29) is 18.6 Å². The highest BCUT2D eigenvalue weighted by atomic mass is 35.5. The van der Waals surface area contributed by atoms with Gasteiger partial charge in [-0.1, -0.05) is 28.9 Å². The molecule has 8 rings (SSSR count). The number of amides is 1. The Balaban J connectivity index is 0.941. The Bertz CT molecular complexity index is 2190. The molecule has 5 heterocycles. The summed E-state index contributed by atoms with van der Waals surface area (Å²) in [7, 11) is 0. The predicted octanol–water partition coefficient (Wildman–Crippen LogP) is 6.80. The molecule has 2 aliphatic rings. The number of H-pyrrole nitrogens is 1. The molecule has 2 fully saturated rings. The van der Waals surface area contributed by atoms with Crippen LogP contribution in [-0.2, 0) is 24.4 Å². The molecule has 2 N–H and O–H groups in total. The SMILES string of the molecule is Cc1cc(NC(=O)c2ccc3c(c2)nc(CN2CCC(c4cccc(OCc5ccc(Cl)cc5F)n4)CC2)n3C[C@@H]2CCO2)cc2nn[nH]c12. The van der Waals surface area contributed by atoms with Crippen molar-refractivity contribution in [3.05, 3.63) is 106 Å². The van der Waals surface area contributed by atoms with Crippen molar-refractivity contribution in [2.75, 3.05) is 25.0 Å². The summed E-state index contributed by atoms with van der Waals surface area (Å²) >= 11 is 5.88. The number of rotatable bonds is 10. The zero-order valence-corrected chi connectivity index (χ0v) is 28.3. The van der Waals surface area contributed by atoms with Crippen LogP contribution < -0.4 is 10.1 Å². The number of fused-ring (bicyclic) bond motifs is 2. The molecule has 13 heteroatoms. The van der Waals surface area contributed by atoms with Gasteiger partial charge in [0.25, 0.3) is 5.91 Å². The topological polar surface area (TPSA) is 123 Å². The lowest BCUT2D eigenvalue weighted by molar-refractivity contribution is -0.0592. The fourth-order valence-electron chi connectivity index (χ4n) is 6.79. The van der Waals surface area contributed by atoms with Gasteiger partial charge in [-0.25, -0.2) is 14.4 Å². The lowest BCUT2D eigenvalue weighted by atomic mass is 9.93. The largest absolute Gasteiger partial charge is 0.473 e. The number of anilines is 1. The lowest BCUT2D eigenvalue weighted by Crippen LogP contribution is -2.35. The number of hydrogen-bond donors (Lipinski definition) is 2. The maximum atomic E-state index is 14.2. The van der Waals surface area contributed by atoms with Gasteiger partial charge < -0.3 is 19.4 Å². The second-order valence-electron chi connectivity index (χ2n) is 13.1. The van der Waals surface area contributed by atoms with Gasteiger partial charge in [-0.3, -0.25) is 14.8 Å². The summed E-state index contributed by atoms with van der Waals surface area (Å²) in [6.07, 6.45) is 3.06. The van der Waals surface area contributed by atoms with E-state index < -0.39 is 5.82 Å². The number of carbonyl (C=O) groups is 1. The van der Waals surface area contributed by atoms with Gasteiger partial charge >= 0.3 is 0 Å². The zero-order chi connectivity index (χ0) is 34.2. The second kappa shape index (κ2) is 13.8. The molecule has 2 saturated heterocycles. The molecule has 1 amide bonds. The molecule has 0 spiro atoms. The maximum absolute atomic E-state index is 14.2. The smallest absolute Gasteiger partial charge is 0.255 e. The van der Waals surface area contributed by atoms with Gasteiger partial charge in [-0.15, -0.1) is 5.10 Å². The molecule has 0 radical (unpaired) electrons. The van der Waals surface area contributed by atoms with Crippen LogP contribution >= 0.6 is 11.6 Å². The number of imidazole rings is 1. The first kappa shape index (κ1) is 32.3. The number of nitrogens with one attached hydrogen (secondary N) is 2. The average molecular weight is 695 g/mol. The van der Waals surface area contributed by atoms with Crippen LogP contribution in [0.25, 0.3) is 22.1 Å². The Kier molecular flexibility index (Phi) is 8.90. The number of carbonyl (C=O) groups excluding carboxylic acids is 1. The van der Waals surface area contributed by atoms with Gasteiger partial charge in [0.1, 0.15) is 23.8 Å². The maximum Gasteiger partial charge on any atom is 0.255 e. The first-order chi connectivity index (χ1) is 24.4. The van der Waals surface area contributed by atoms with Crippen molar-refractivity contribution in [3.63, 3.8) is 0 Å². The molecule has 256 valence electrons. The number of aromatic nitrogens is 6. The van der Waals surface area contributed by atoms with E-state index in [2.05, 4.69) is 30.2 Å². The number of hydrogen-bond acceptors (Lipinski definition) is 8. The average Bonchev–Trinajstić information content (AvgIpc) is 3.71. The Hall–Kier alpha value is -4.91. The minimum absolute atomic E-state index is 0.0800. The molecular formula is C37H36ClFN8O3. The molecule has 0 bridgehead atoms. The molecule has 11 nitrogen and oxygen atoms in total. The van der Waals surface area contributed by atoms with Crippen LogP contribution in [0.3, 0.4) is 0 Å². The summed E-state index contributed by atoms with van der Waals surface area (Å²) in [4.78, 5) is 25.6. The fourth-order valence-corrected chi connectivity index (χ4v) is 6.95. The molecule has 0 aliphatic carbocycles. The molecule has 3 aromatic carbocycles. The van der Waals surface area contributed by atoms with E-state index in [1.807, 2.05) is 49.4 Å². The third-order valence-electron chi connectivity index (χ3n) is 9.67. The van der Waals surface area contributed by atoms with Gasteiger partial charge in [-0.05, 0) is 93.4 Å². The fraction of sp³-hybridized carbons (Fsp3) is 0.324. The highest BCUT2D eigenvalue weighted by Gasteiger charge is 2.26. The van der Waals surface area contributed by atoms with E-state index >= 15 is 0 Å². The third-order valence-corrected chi connectivity index (χ3v) is 9.90. The standard InChI is InChI=1S/C37H36ClFN8O3/c1-22-15-27(18-32-36(22)44-45-43-32)40-37(48)24-6-8-33-31(16-24)41-34(47(33)19-28-11-14-49-28)20-46-12-9-23(10-13-46)30-3-2-4-35(42-30)50-21-25-5-7-26(38)17-29(25)39/h2-8,15-18,23,28H,9-14,19-21H2,1H3,(H,40,48)(H,43,44,45)/t28-/m0/s1. The minimum atomic E-state index is -0.395. The number of aryl methyl sites for hydroxylation is 1. The summed E-state index contributed by atoms with van der Waals surface area (Å²) in [5.41, 5.74) is 6.87. The van der Waals surface area contributed by atoms with Crippen LogP contribution in [0.15, 0.2) is 66.7 Å². The Labute approximate surface area is 292 Å². The quantitative estimate of drug-likeness (QED) is 0.161. The molecule has 1 atom stereocenters. The van der Waals surface area contributed by atoms with Crippen LogP contribution in [0, 0.1) is 12.7 Å². The van der Waals surface area contributed by atoms with E-state index in [4.69, 9.17) is 31.0 Å². The number of benzene rings is 3. The first-order valence-corrected chi connectivity index (χ1v) is 17.2. The van der Waals surface area contributed by atoms with Gasteiger partial charge in [0.15, 0.2) is 0 Å². The molecular weight excluding hydrogens is 659 g/mol. The highest BCUT2D eigenvalue weighted by molar-refractivity contribution is 6.30. The van der Waals surface area contributed by atoms with E-state index in [1.54, 1.807) is 18.2 Å². The number of piperidine rings is 1. The summed E-state index contributed by atoms with van der Waals surface area (Å²) in [5, 5.41) is 14.2. The van der Waals surface area contributed by atoms with Crippen molar-refractivity contribution in [1.82, 2.24) is 34.8 Å². The summed E-state index contributed by atoms with van der Waals surface area (Å²) in [6.45, 7) is 6.00. The highest BCUT2D eigenvalue weighted by Crippen LogP contribution is 2.30. The summed E-state index contributed by atoms with van der Waals surface area (Å²) in [5.74, 6) is 1.12. The Morgan fingerprint density at radius 3 is 2.72 bits per heavy atom.